The van der Waals surface area contributed by atoms with Crippen molar-refractivity contribution in [1.82, 2.24) is 19.2 Å². The molecular weight excluding hydrogens is 407 g/mol. The van der Waals surface area contributed by atoms with Crippen LogP contribution >= 0.6 is 0 Å². The van der Waals surface area contributed by atoms with Crippen LogP contribution in [0.15, 0.2) is 65.8 Å². The molecule has 0 aliphatic rings. The first kappa shape index (κ1) is 21.7. The number of aromatic nitrogens is 2. The Kier molecular flexibility index (Phi) is 6.33. The van der Waals surface area contributed by atoms with Crippen LogP contribution in [0, 0.1) is 12.7 Å². The molecule has 1 amide bonds. The van der Waals surface area contributed by atoms with E-state index in [-0.39, 0.29) is 10.5 Å². The van der Waals surface area contributed by atoms with E-state index in [2.05, 4.69) is 10.3 Å². The van der Waals surface area contributed by atoms with Gasteiger partial charge in [-0.3, -0.25) is 4.79 Å². The maximum absolute atomic E-state index is 14.4. The van der Waals surface area contributed by atoms with Gasteiger partial charge >= 0.3 is 0 Å². The SMILES string of the molecule is Cc1ccc(S(=O)(=O)N(C)CC(=O)NC(c2ccccc2F)c2nccn2C)cc1. The molecule has 0 aliphatic heterocycles. The number of halogens is 1. The lowest BCUT2D eigenvalue weighted by Crippen LogP contribution is -2.40. The predicted octanol–water partition coefficient (Wildman–Crippen LogP) is 2.39. The molecule has 1 N–H and O–H groups in total. The van der Waals surface area contributed by atoms with Gasteiger partial charge in [0.15, 0.2) is 0 Å². The first-order chi connectivity index (χ1) is 14.2. The molecule has 0 bridgehead atoms. The molecule has 3 aromatic rings. The normalized spacial score (nSPS) is 12.7. The Hall–Kier alpha value is -3.04. The van der Waals surface area contributed by atoms with Gasteiger partial charge in [-0.25, -0.2) is 17.8 Å². The number of aryl methyl sites for hydroxylation is 2. The minimum atomic E-state index is -3.84. The van der Waals surface area contributed by atoms with E-state index in [4.69, 9.17) is 0 Å². The average molecular weight is 431 g/mol. The second-order valence-corrected chi connectivity index (χ2v) is 9.04. The maximum atomic E-state index is 14.4. The number of hydrogen-bond donors (Lipinski definition) is 1. The number of amides is 1. The van der Waals surface area contributed by atoms with Crippen molar-refractivity contribution in [2.45, 2.75) is 17.9 Å². The quantitative estimate of drug-likeness (QED) is 0.624. The van der Waals surface area contributed by atoms with Crippen molar-refractivity contribution >= 4 is 15.9 Å². The molecule has 1 heterocycles. The molecule has 30 heavy (non-hydrogen) atoms. The number of nitrogens with zero attached hydrogens (tertiary/aromatic N) is 3. The number of carbonyl (C=O) groups is 1. The van der Waals surface area contributed by atoms with Crippen molar-refractivity contribution in [3.05, 3.63) is 83.7 Å². The second kappa shape index (κ2) is 8.76. The fraction of sp³-hybridized carbons (Fsp3) is 0.238. The Morgan fingerprint density at radius 3 is 2.47 bits per heavy atom. The van der Waals surface area contributed by atoms with E-state index in [9.17, 15) is 17.6 Å². The summed E-state index contributed by atoms with van der Waals surface area (Å²) in [5.74, 6) is -0.645. The first-order valence-corrected chi connectivity index (χ1v) is 10.7. The van der Waals surface area contributed by atoms with E-state index < -0.39 is 34.3 Å². The molecular formula is C21H23FN4O3S. The summed E-state index contributed by atoms with van der Waals surface area (Å²) in [6.45, 7) is 1.43. The number of imidazole rings is 1. The highest BCUT2D eigenvalue weighted by molar-refractivity contribution is 7.89. The van der Waals surface area contributed by atoms with E-state index >= 15 is 0 Å². The van der Waals surface area contributed by atoms with Gasteiger partial charge in [-0.15, -0.1) is 0 Å². The average Bonchev–Trinajstić information content (AvgIpc) is 3.12. The summed E-state index contributed by atoms with van der Waals surface area (Å²) in [4.78, 5) is 17.0. The van der Waals surface area contributed by atoms with E-state index in [0.29, 0.717) is 5.82 Å². The van der Waals surface area contributed by atoms with Gasteiger partial charge in [-0.05, 0) is 25.1 Å². The lowest BCUT2D eigenvalue weighted by molar-refractivity contribution is -0.121. The van der Waals surface area contributed by atoms with Crippen molar-refractivity contribution in [3.8, 4) is 0 Å². The molecule has 0 spiro atoms. The van der Waals surface area contributed by atoms with Crippen LogP contribution in [0.25, 0.3) is 0 Å². The van der Waals surface area contributed by atoms with Gasteiger partial charge in [-0.1, -0.05) is 35.9 Å². The molecule has 0 aliphatic carbocycles. The number of benzene rings is 2. The maximum Gasteiger partial charge on any atom is 0.243 e. The Morgan fingerprint density at radius 2 is 1.87 bits per heavy atom. The van der Waals surface area contributed by atoms with Crippen molar-refractivity contribution in [3.63, 3.8) is 0 Å². The summed E-state index contributed by atoms with van der Waals surface area (Å²) in [5, 5.41) is 2.71. The topological polar surface area (TPSA) is 84.3 Å². The fourth-order valence-electron chi connectivity index (χ4n) is 3.03. The van der Waals surface area contributed by atoms with E-state index in [1.165, 1.54) is 25.2 Å². The third-order valence-electron chi connectivity index (χ3n) is 4.73. The Balaban J connectivity index is 1.82. The van der Waals surface area contributed by atoms with Crippen LogP contribution in [0.4, 0.5) is 4.39 Å². The van der Waals surface area contributed by atoms with Crippen LogP contribution in [0.5, 0.6) is 0 Å². The summed E-state index contributed by atoms with van der Waals surface area (Å²) in [7, 11) is -0.784. The second-order valence-electron chi connectivity index (χ2n) is 6.99. The number of sulfonamides is 1. The van der Waals surface area contributed by atoms with Gasteiger partial charge in [0.25, 0.3) is 0 Å². The largest absolute Gasteiger partial charge is 0.341 e. The summed E-state index contributed by atoms with van der Waals surface area (Å²) in [6.07, 6.45) is 3.23. The molecule has 1 unspecified atom stereocenters. The zero-order valence-electron chi connectivity index (χ0n) is 16.9. The number of carbonyl (C=O) groups excluding carboxylic acids is 1. The Bertz CT molecular complexity index is 1140. The fourth-order valence-corrected chi connectivity index (χ4v) is 4.16. The summed E-state index contributed by atoms with van der Waals surface area (Å²) < 4.78 is 42.5. The molecule has 0 radical (unpaired) electrons. The molecule has 7 nitrogen and oxygen atoms in total. The highest BCUT2D eigenvalue weighted by Crippen LogP contribution is 2.23. The standard InChI is InChI=1S/C21H23FN4O3S/c1-15-8-10-16(11-9-15)30(28,29)26(3)14-19(27)24-20(21-23-12-13-25(21)2)17-6-4-5-7-18(17)22/h4-13,20H,14H2,1-3H3,(H,24,27). The van der Waals surface area contributed by atoms with E-state index in [1.807, 2.05) is 6.92 Å². The van der Waals surface area contributed by atoms with Crippen LogP contribution in [0.3, 0.4) is 0 Å². The van der Waals surface area contributed by atoms with Gasteiger partial charge < -0.3 is 9.88 Å². The van der Waals surface area contributed by atoms with Crippen LogP contribution in [-0.2, 0) is 21.9 Å². The van der Waals surface area contributed by atoms with Gasteiger partial charge in [-0.2, -0.15) is 4.31 Å². The smallest absolute Gasteiger partial charge is 0.243 e. The highest BCUT2D eigenvalue weighted by Gasteiger charge is 2.27. The van der Waals surface area contributed by atoms with Gasteiger partial charge in [0, 0.05) is 32.1 Å². The number of rotatable bonds is 7. The van der Waals surface area contributed by atoms with Crippen molar-refractivity contribution in [2.75, 3.05) is 13.6 Å². The Labute approximate surface area is 175 Å². The monoisotopic (exact) mass is 430 g/mol. The number of nitrogens with one attached hydrogen (secondary N) is 1. The lowest BCUT2D eigenvalue weighted by atomic mass is 10.1. The number of hydrogen-bond acceptors (Lipinski definition) is 4. The molecule has 0 fully saturated rings. The minimum absolute atomic E-state index is 0.0955. The van der Waals surface area contributed by atoms with Crippen LogP contribution in [0.2, 0.25) is 0 Å². The Morgan fingerprint density at radius 1 is 1.20 bits per heavy atom. The van der Waals surface area contributed by atoms with Crippen molar-refractivity contribution in [2.24, 2.45) is 7.05 Å². The third kappa shape index (κ3) is 4.58. The molecule has 0 saturated carbocycles. The summed E-state index contributed by atoms with van der Waals surface area (Å²) in [5.41, 5.74) is 1.17. The summed E-state index contributed by atoms with van der Waals surface area (Å²) >= 11 is 0. The molecule has 2 aromatic carbocycles. The van der Waals surface area contributed by atoms with Gasteiger partial charge in [0.1, 0.15) is 17.7 Å². The minimum Gasteiger partial charge on any atom is -0.341 e. The first-order valence-electron chi connectivity index (χ1n) is 9.24. The molecule has 1 aromatic heterocycles. The van der Waals surface area contributed by atoms with Crippen LogP contribution in [-0.4, -0.2) is 41.8 Å². The van der Waals surface area contributed by atoms with Crippen LogP contribution in [0.1, 0.15) is 23.0 Å². The predicted molar refractivity (Wildman–Crippen MR) is 111 cm³/mol. The molecule has 0 saturated heterocycles. The highest BCUT2D eigenvalue weighted by atomic mass is 32.2. The van der Waals surface area contributed by atoms with E-state index in [0.717, 1.165) is 9.87 Å². The zero-order chi connectivity index (χ0) is 21.9. The molecule has 9 heteroatoms. The van der Waals surface area contributed by atoms with Crippen molar-refractivity contribution in [1.29, 1.82) is 0 Å². The number of likely N-dealkylation sites (N-methyl/N-ethyl adjacent to an activating group) is 1. The lowest BCUT2D eigenvalue weighted by Gasteiger charge is -2.22. The van der Waals surface area contributed by atoms with Crippen molar-refractivity contribution < 1.29 is 17.6 Å². The van der Waals surface area contributed by atoms with Crippen LogP contribution < -0.4 is 5.32 Å². The van der Waals surface area contributed by atoms with E-state index in [1.54, 1.807) is 54.3 Å². The van der Waals surface area contributed by atoms with Gasteiger partial charge in [0.05, 0.1) is 11.4 Å². The molecule has 158 valence electrons. The summed E-state index contributed by atoms with van der Waals surface area (Å²) in [6, 6.07) is 11.6. The van der Waals surface area contributed by atoms with Gasteiger partial charge in [0.2, 0.25) is 15.9 Å². The third-order valence-corrected chi connectivity index (χ3v) is 6.55. The molecule has 3 rings (SSSR count). The molecule has 1 atom stereocenters. The zero-order valence-corrected chi connectivity index (χ0v) is 17.7.